The van der Waals surface area contributed by atoms with Gasteiger partial charge >= 0.3 is 5.97 Å². The van der Waals surface area contributed by atoms with E-state index in [9.17, 15) is 4.79 Å². The molecular formula is C8H13NO2S. The largest absolute Gasteiger partial charge is 0.469 e. The van der Waals surface area contributed by atoms with Crippen molar-refractivity contribution in [2.45, 2.75) is 12.8 Å². The van der Waals surface area contributed by atoms with E-state index < -0.39 is 0 Å². The molecular weight excluding hydrogens is 174 g/mol. The number of thioether (sulfide) groups is 1. The van der Waals surface area contributed by atoms with Crippen molar-refractivity contribution >= 4 is 22.8 Å². The van der Waals surface area contributed by atoms with E-state index in [1.165, 1.54) is 7.11 Å². The molecule has 1 aliphatic heterocycles. The molecule has 0 spiro atoms. The highest BCUT2D eigenvalue weighted by atomic mass is 32.2. The second kappa shape index (κ2) is 4.50. The average Bonchev–Trinajstić information content (AvgIpc) is 2.17. The van der Waals surface area contributed by atoms with Gasteiger partial charge in [-0.15, -0.1) is 11.8 Å². The van der Waals surface area contributed by atoms with Crippen molar-refractivity contribution in [1.29, 1.82) is 0 Å². The molecule has 0 saturated carbocycles. The summed E-state index contributed by atoms with van der Waals surface area (Å²) in [5.74, 6) is -0.134. The smallest absolute Gasteiger partial charge is 0.310 e. The van der Waals surface area contributed by atoms with Crippen LogP contribution in [0.15, 0.2) is 4.99 Å². The first-order valence-electron chi connectivity index (χ1n) is 3.93. The zero-order chi connectivity index (χ0) is 8.97. The molecule has 68 valence electrons. The zero-order valence-corrected chi connectivity index (χ0v) is 8.19. The molecule has 0 bridgehead atoms. The molecule has 4 heteroatoms. The van der Waals surface area contributed by atoms with Crippen molar-refractivity contribution < 1.29 is 9.53 Å². The molecule has 1 rings (SSSR count). The summed E-state index contributed by atoms with van der Waals surface area (Å²) in [7, 11) is 1.43. The zero-order valence-electron chi connectivity index (χ0n) is 7.37. The van der Waals surface area contributed by atoms with Gasteiger partial charge < -0.3 is 4.74 Å². The van der Waals surface area contributed by atoms with Crippen LogP contribution in [-0.2, 0) is 9.53 Å². The SMILES string of the molecule is COC(=O)[C@@H]1CCC(SC)=NC1. The normalized spacial score (nSPS) is 23.2. The minimum absolute atomic E-state index is 0.00843. The van der Waals surface area contributed by atoms with Gasteiger partial charge in [0.2, 0.25) is 0 Å². The van der Waals surface area contributed by atoms with Crippen molar-refractivity contribution in [1.82, 2.24) is 0 Å². The van der Waals surface area contributed by atoms with Gasteiger partial charge in [0.05, 0.1) is 24.6 Å². The van der Waals surface area contributed by atoms with E-state index in [-0.39, 0.29) is 11.9 Å². The molecule has 0 unspecified atom stereocenters. The van der Waals surface area contributed by atoms with Crippen molar-refractivity contribution in [2.24, 2.45) is 10.9 Å². The second-order valence-corrected chi connectivity index (χ2v) is 3.58. The number of carbonyl (C=O) groups is 1. The number of nitrogens with zero attached hydrogens (tertiary/aromatic N) is 1. The van der Waals surface area contributed by atoms with Crippen LogP contribution in [0.3, 0.4) is 0 Å². The fourth-order valence-electron chi connectivity index (χ4n) is 1.21. The Kier molecular flexibility index (Phi) is 3.59. The fourth-order valence-corrected chi connectivity index (χ4v) is 1.73. The first-order chi connectivity index (χ1) is 5.77. The Morgan fingerprint density at radius 3 is 2.92 bits per heavy atom. The minimum Gasteiger partial charge on any atom is -0.469 e. The summed E-state index contributed by atoms with van der Waals surface area (Å²) in [6.07, 6.45) is 3.81. The molecule has 1 heterocycles. The van der Waals surface area contributed by atoms with Gasteiger partial charge in [0.25, 0.3) is 0 Å². The van der Waals surface area contributed by atoms with Crippen LogP contribution in [0.1, 0.15) is 12.8 Å². The molecule has 12 heavy (non-hydrogen) atoms. The first kappa shape index (κ1) is 9.58. The molecule has 0 radical (unpaired) electrons. The summed E-state index contributed by atoms with van der Waals surface area (Å²) in [6, 6.07) is 0. The Morgan fingerprint density at radius 1 is 1.75 bits per heavy atom. The van der Waals surface area contributed by atoms with Crippen LogP contribution in [0.2, 0.25) is 0 Å². The Labute approximate surface area is 76.6 Å². The highest BCUT2D eigenvalue weighted by Gasteiger charge is 2.22. The van der Waals surface area contributed by atoms with Gasteiger partial charge in [-0.2, -0.15) is 0 Å². The molecule has 3 nitrogen and oxygen atoms in total. The molecule has 0 saturated heterocycles. The van der Waals surface area contributed by atoms with E-state index >= 15 is 0 Å². The van der Waals surface area contributed by atoms with Gasteiger partial charge in [-0.25, -0.2) is 0 Å². The van der Waals surface area contributed by atoms with Crippen LogP contribution in [0.25, 0.3) is 0 Å². The topological polar surface area (TPSA) is 38.7 Å². The van der Waals surface area contributed by atoms with Gasteiger partial charge in [-0.05, 0) is 19.1 Å². The quantitative estimate of drug-likeness (QED) is 0.581. The van der Waals surface area contributed by atoms with Crippen molar-refractivity contribution in [3.05, 3.63) is 0 Å². The fraction of sp³-hybridized carbons (Fsp3) is 0.750. The lowest BCUT2D eigenvalue weighted by Gasteiger charge is -2.17. The minimum atomic E-state index is -0.126. The Balaban J connectivity index is 2.46. The lowest BCUT2D eigenvalue weighted by atomic mass is 10.0. The summed E-state index contributed by atoms with van der Waals surface area (Å²) in [4.78, 5) is 15.3. The van der Waals surface area contributed by atoms with Gasteiger partial charge in [0.15, 0.2) is 0 Å². The van der Waals surface area contributed by atoms with Crippen molar-refractivity contribution in [3.63, 3.8) is 0 Å². The maximum atomic E-state index is 11.1. The van der Waals surface area contributed by atoms with Crippen LogP contribution in [0.5, 0.6) is 0 Å². The number of hydrogen-bond acceptors (Lipinski definition) is 4. The van der Waals surface area contributed by atoms with E-state index in [0.29, 0.717) is 6.54 Å². The predicted octanol–water partition coefficient (Wildman–Crippen LogP) is 1.33. The second-order valence-electron chi connectivity index (χ2n) is 2.70. The molecule has 0 aromatic carbocycles. The standard InChI is InChI=1S/C8H13NO2S/c1-11-8(10)6-3-4-7(12-2)9-5-6/h6H,3-5H2,1-2H3/t6-/m1/s1. The molecule has 0 amide bonds. The van der Waals surface area contributed by atoms with Gasteiger partial charge in [0, 0.05) is 0 Å². The lowest BCUT2D eigenvalue weighted by molar-refractivity contribution is -0.145. The Bertz CT molecular complexity index is 203. The number of rotatable bonds is 1. The van der Waals surface area contributed by atoms with E-state index in [4.69, 9.17) is 0 Å². The predicted molar refractivity (Wildman–Crippen MR) is 50.6 cm³/mol. The van der Waals surface area contributed by atoms with Crippen LogP contribution in [0, 0.1) is 5.92 Å². The molecule has 0 aromatic heterocycles. The Morgan fingerprint density at radius 2 is 2.50 bits per heavy atom. The molecule has 0 aromatic rings. The maximum Gasteiger partial charge on any atom is 0.310 e. The summed E-state index contributed by atoms with van der Waals surface area (Å²) >= 11 is 1.66. The highest BCUT2D eigenvalue weighted by molar-refractivity contribution is 8.13. The van der Waals surface area contributed by atoms with Crippen LogP contribution in [-0.4, -0.2) is 30.9 Å². The Hall–Kier alpha value is -0.510. The third-order valence-corrected chi connectivity index (χ3v) is 2.77. The van der Waals surface area contributed by atoms with Crippen molar-refractivity contribution in [3.8, 4) is 0 Å². The molecule has 1 aliphatic rings. The molecule has 0 fully saturated rings. The van der Waals surface area contributed by atoms with Gasteiger partial charge in [-0.3, -0.25) is 9.79 Å². The van der Waals surface area contributed by atoms with Crippen molar-refractivity contribution in [2.75, 3.05) is 19.9 Å². The van der Waals surface area contributed by atoms with E-state index in [1.807, 2.05) is 6.26 Å². The third kappa shape index (κ3) is 2.24. The molecule has 0 aliphatic carbocycles. The van der Waals surface area contributed by atoms with E-state index in [1.54, 1.807) is 11.8 Å². The lowest BCUT2D eigenvalue weighted by Crippen LogP contribution is -2.23. The first-order valence-corrected chi connectivity index (χ1v) is 5.15. The number of ether oxygens (including phenoxy) is 1. The van der Waals surface area contributed by atoms with Crippen LogP contribution < -0.4 is 0 Å². The van der Waals surface area contributed by atoms with E-state index in [2.05, 4.69) is 9.73 Å². The number of hydrogen-bond donors (Lipinski definition) is 0. The summed E-state index contributed by atoms with van der Waals surface area (Å²) in [5.41, 5.74) is 0. The molecule has 1 atom stereocenters. The highest BCUT2D eigenvalue weighted by Crippen LogP contribution is 2.19. The monoisotopic (exact) mass is 187 g/mol. The number of carbonyl (C=O) groups excluding carboxylic acids is 1. The summed E-state index contributed by atoms with van der Waals surface area (Å²) in [5, 5.41) is 1.15. The summed E-state index contributed by atoms with van der Waals surface area (Å²) < 4.78 is 4.64. The third-order valence-electron chi connectivity index (χ3n) is 1.96. The molecule has 0 N–H and O–H groups in total. The van der Waals surface area contributed by atoms with Gasteiger partial charge in [-0.1, -0.05) is 0 Å². The van der Waals surface area contributed by atoms with Crippen LogP contribution >= 0.6 is 11.8 Å². The number of aliphatic imine (C=N–C) groups is 1. The summed E-state index contributed by atoms with van der Waals surface area (Å²) in [6.45, 7) is 0.600. The number of methoxy groups -OCH3 is 1. The van der Waals surface area contributed by atoms with Crippen LogP contribution in [0.4, 0.5) is 0 Å². The van der Waals surface area contributed by atoms with E-state index in [0.717, 1.165) is 17.9 Å². The van der Waals surface area contributed by atoms with Gasteiger partial charge in [0.1, 0.15) is 0 Å². The average molecular weight is 187 g/mol. The number of esters is 1. The maximum absolute atomic E-state index is 11.1.